The minimum absolute atomic E-state index is 0.0212. The quantitative estimate of drug-likeness (QED) is 0.0299. The monoisotopic (exact) mass is 1920 g/mol. The van der Waals surface area contributed by atoms with Crippen LogP contribution in [0.3, 0.4) is 0 Å². The van der Waals surface area contributed by atoms with E-state index in [0.717, 1.165) is 122 Å². The van der Waals surface area contributed by atoms with Gasteiger partial charge in [0.05, 0.1) is 148 Å². The Labute approximate surface area is 827 Å². The van der Waals surface area contributed by atoms with Gasteiger partial charge < -0.3 is 48.4 Å². The molecule has 0 unspecified atom stereocenters. The predicted octanol–water partition coefficient (Wildman–Crippen LogP) is 23.7. The number of aryl methyl sites for hydroxylation is 6. The molecule has 0 bridgehead atoms. The third kappa shape index (κ3) is 24.6. The summed E-state index contributed by atoms with van der Waals surface area (Å²) in [5.41, 5.74) is 10.3. The minimum Gasteiger partial charge on any atom is -0.390 e. The third-order valence-electron chi connectivity index (χ3n) is 25.2. The first-order valence-electron chi connectivity index (χ1n) is 47.1. The van der Waals surface area contributed by atoms with Crippen molar-refractivity contribution in [1.82, 2.24) is 47.8 Å². The summed E-state index contributed by atoms with van der Waals surface area (Å²) in [6.07, 6.45) is 5.78. The van der Waals surface area contributed by atoms with Gasteiger partial charge in [-0.25, -0.2) is 53.5 Å². The Morgan fingerprint density at radius 3 is 0.845 bits per heavy atom. The number of aromatic nitrogens is 10. The molecule has 5 amide bonds. The molecule has 31 heteroatoms. The van der Waals surface area contributed by atoms with Crippen molar-refractivity contribution in [3.63, 3.8) is 0 Å². The van der Waals surface area contributed by atoms with E-state index in [0.29, 0.717) is 80.4 Å². The number of anilines is 5. The van der Waals surface area contributed by atoms with Crippen LogP contribution in [0.15, 0.2) is 170 Å². The normalized spacial score (nSPS) is 14.4. The van der Waals surface area contributed by atoms with E-state index in [2.05, 4.69) is 75.7 Å². The SMILES string of the molecule is [C-]#[N+]c1cc2c(cc1C)nc(NC(=O)CC(C)(C)O)n2C(C)(C)C.[C-]#[N+]c1cc2c(cc1C)nc(NC(=O)C[C@@](C)(O)c1ccccc1)n2C1CCC1.[C-]#[N+]c1cc2c(cc1C)nc(NC(=O)C[C@](C)(O)c1ccc(C)cc1)n2C(C)(C)C.[C-]#[N+]c1cc2c(cc1C)nc(NC(=O)C[C@](C)(O)c1ccccc1)n2C1CCC1.[C-]#[N+]c1cc2c(cc1C)nc(NC(=O)C[C@](C)(O)c1ccccc1F)n2C(C)(C)C. The zero-order valence-corrected chi connectivity index (χ0v) is 84.5. The zero-order valence-electron chi connectivity index (χ0n) is 84.5. The second-order valence-corrected chi connectivity index (χ2v) is 41.4. The molecule has 736 valence electrons. The molecule has 2 saturated carbocycles. The van der Waals surface area contributed by atoms with Gasteiger partial charge in [-0.05, 0) is 295 Å². The number of amides is 5. The summed E-state index contributed by atoms with van der Waals surface area (Å²) in [6.45, 7) is 75.7. The van der Waals surface area contributed by atoms with Gasteiger partial charge >= 0.3 is 0 Å². The van der Waals surface area contributed by atoms with E-state index in [1.807, 2.05) is 266 Å². The maximum Gasteiger partial charge on any atom is 0.229 e. The van der Waals surface area contributed by atoms with Gasteiger partial charge in [0.15, 0.2) is 28.4 Å². The topological polar surface area (TPSA) is 358 Å². The molecule has 2 aliphatic rings. The summed E-state index contributed by atoms with van der Waals surface area (Å²) in [4.78, 5) is 104. The Morgan fingerprint density at radius 1 is 0.331 bits per heavy atom. The van der Waals surface area contributed by atoms with Crippen molar-refractivity contribution in [3.8, 4) is 0 Å². The lowest BCUT2D eigenvalue weighted by molar-refractivity contribution is -0.121. The molecule has 0 saturated heterocycles. The summed E-state index contributed by atoms with van der Waals surface area (Å²) in [7, 11) is 0. The number of fused-ring (bicyclic) bond motifs is 5. The molecule has 2 aliphatic carbocycles. The van der Waals surface area contributed by atoms with Crippen LogP contribution in [0.5, 0.6) is 0 Å². The van der Waals surface area contributed by atoms with Crippen LogP contribution in [0.2, 0.25) is 0 Å². The van der Waals surface area contributed by atoms with Crippen LogP contribution in [0.4, 0.5) is 62.6 Å². The van der Waals surface area contributed by atoms with Crippen LogP contribution in [-0.2, 0) is 63.0 Å². The summed E-state index contributed by atoms with van der Waals surface area (Å²) < 4.78 is 23.9. The average Bonchev–Trinajstić information content (AvgIpc) is 1.63. The van der Waals surface area contributed by atoms with E-state index in [-0.39, 0.29) is 84.5 Å². The molecular weight excluding hydrogens is 1790 g/mol. The molecule has 14 aromatic rings. The summed E-state index contributed by atoms with van der Waals surface area (Å²) in [6, 6.07) is 50.7. The van der Waals surface area contributed by atoms with Crippen molar-refractivity contribution in [1.29, 1.82) is 0 Å². The van der Waals surface area contributed by atoms with Crippen LogP contribution < -0.4 is 26.6 Å². The number of nitrogens with one attached hydrogen (secondary N) is 5. The third-order valence-corrected chi connectivity index (χ3v) is 25.2. The average molecular weight is 1920 g/mol. The van der Waals surface area contributed by atoms with E-state index in [9.17, 15) is 53.9 Å². The number of nitrogens with zero attached hydrogens (tertiary/aromatic N) is 15. The largest absolute Gasteiger partial charge is 0.390 e. The van der Waals surface area contributed by atoms with E-state index in [1.54, 1.807) is 46.8 Å². The van der Waals surface area contributed by atoms with Gasteiger partial charge in [-0.2, -0.15) is 0 Å². The first kappa shape index (κ1) is 106. The number of carbonyl (C=O) groups excluding carboxylic acids is 5. The molecular formula is C111H125FN20O10. The fourth-order valence-electron chi connectivity index (χ4n) is 17.5. The van der Waals surface area contributed by atoms with E-state index in [1.165, 1.54) is 25.1 Å². The van der Waals surface area contributed by atoms with Crippen molar-refractivity contribution >= 4 is 143 Å². The van der Waals surface area contributed by atoms with E-state index in [4.69, 9.17) is 32.9 Å². The predicted molar refractivity (Wildman–Crippen MR) is 556 cm³/mol. The summed E-state index contributed by atoms with van der Waals surface area (Å²) >= 11 is 0. The number of hydrogen-bond donors (Lipinski definition) is 10. The lowest BCUT2D eigenvalue weighted by atomic mass is 9.91. The summed E-state index contributed by atoms with van der Waals surface area (Å²) in [5, 5.41) is 67.3. The summed E-state index contributed by atoms with van der Waals surface area (Å²) in [5.74, 6) is -0.168. The molecule has 4 atom stereocenters. The van der Waals surface area contributed by atoms with Gasteiger partial charge in [0.1, 0.15) is 5.82 Å². The highest BCUT2D eigenvalue weighted by atomic mass is 19.1. The van der Waals surface area contributed by atoms with Crippen molar-refractivity contribution in [2.45, 2.75) is 273 Å². The molecule has 5 heterocycles. The Bertz CT molecular complexity index is 7190. The number of benzene rings is 9. The molecule has 0 spiro atoms. The number of hydrogen-bond acceptors (Lipinski definition) is 15. The maximum absolute atomic E-state index is 14.1. The highest BCUT2D eigenvalue weighted by Gasteiger charge is 2.37. The van der Waals surface area contributed by atoms with Gasteiger partial charge in [0, 0.05) is 34.3 Å². The van der Waals surface area contributed by atoms with Crippen LogP contribution in [-0.4, -0.2) is 108 Å². The van der Waals surface area contributed by atoms with Gasteiger partial charge in [0.2, 0.25) is 59.3 Å². The van der Waals surface area contributed by atoms with Crippen molar-refractivity contribution in [3.05, 3.63) is 288 Å². The number of imidazole rings is 5. The van der Waals surface area contributed by atoms with Crippen LogP contribution in [0.1, 0.15) is 242 Å². The van der Waals surface area contributed by atoms with Gasteiger partial charge in [0.25, 0.3) is 0 Å². The molecule has 30 nitrogen and oxygen atoms in total. The highest BCUT2D eigenvalue weighted by molar-refractivity contribution is 5.98. The van der Waals surface area contributed by atoms with Crippen molar-refractivity contribution in [2.24, 2.45) is 0 Å². The lowest BCUT2D eigenvalue weighted by Crippen LogP contribution is -2.31. The Morgan fingerprint density at radius 2 is 0.577 bits per heavy atom. The fraction of sp³-hybridized carbons (Fsp3) is 0.378. The fourth-order valence-corrected chi connectivity index (χ4v) is 17.5. The molecule has 16 rings (SSSR count). The molecule has 2 fully saturated rings. The standard InChI is InChI=1S/C24H28N4O2.C23H25FN4O2.2C23H24N4O2.C18H24N4O2/c1-15-8-10-17(11-9-15)24(6,30)14-21(29)27-22-26-19-12-16(2)18(25-7)13-20(19)28(22)23(3,4)5;1-14-11-18-19(12-17(14)25-6)28(22(2,3)4)21(26-18)27-20(29)13-23(5,30)15-9-7-8-10-16(15)24;2*1-15-12-19-20(13-18(15)24-3)27(17-10-7-11-17)22(25-19)26-21(28)14-23(2,29)16-8-5-4-6-9-16;1-11-8-13-14(9-12(11)19-7)22(17(2,3)4)16(20-13)21-15(23)10-18(5,6)24/h8-13,30H,14H2,1-6H3,(H,26,27,29);7-12,30H,13H2,1-5H3,(H,26,27,29);2*4-6,8-9,12-13,17,29H,7,10-11,14H2,1-2H3,(H,25,26,28);8-9,24H,10H2,1-6H3,(H,20,21,23)/t24-;3*23-;/m0010./s1. The first-order valence-corrected chi connectivity index (χ1v) is 47.1. The van der Waals surface area contributed by atoms with Gasteiger partial charge in [-0.1, -0.05) is 109 Å². The Balaban J connectivity index is 0.000000159. The van der Waals surface area contributed by atoms with Gasteiger partial charge in [-0.15, -0.1) is 0 Å². The van der Waals surface area contributed by atoms with Gasteiger partial charge in [-0.3, -0.25) is 50.6 Å². The Kier molecular flexibility index (Phi) is 31.4. The lowest BCUT2D eigenvalue weighted by Gasteiger charge is -2.29. The van der Waals surface area contributed by atoms with E-state index >= 15 is 0 Å². The zero-order chi connectivity index (χ0) is 104. The first-order chi connectivity index (χ1) is 66.5. The van der Waals surface area contributed by atoms with Crippen LogP contribution >= 0.6 is 0 Å². The minimum atomic E-state index is -1.68. The van der Waals surface area contributed by atoms with Crippen molar-refractivity contribution < 1.29 is 53.9 Å². The van der Waals surface area contributed by atoms with E-state index < -0.39 is 45.3 Å². The Hall–Kier alpha value is -15.1. The van der Waals surface area contributed by atoms with Crippen LogP contribution in [0, 0.1) is 80.2 Å². The number of carbonyl (C=O) groups is 5. The second-order valence-electron chi connectivity index (χ2n) is 41.4. The van der Waals surface area contributed by atoms with Crippen molar-refractivity contribution in [2.75, 3.05) is 26.6 Å². The molecule has 9 aromatic carbocycles. The number of halogens is 1. The molecule has 0 radical (unpaired) electrons. The molecule has 10 N–H and O–H groups in total. The highest BCUT2D eigenvalue weighted by Crippen LogP contribution is 2.44. The second kappa shape index (κ2) is 42.1. The number of aliphatic hydroxyl groups is 5. The number of rotatable bonds is 21. The van der Waals surface area contributed by atoms with Crippen LogP contribution in [0.25, 0.3) is 79.4 Å². The smallest absolute Gasteiger partial charge is 0.229 e. The molecule has 0 aliphatic heterocycles. The molecule has 142 heavy (non-hydrogen) atoms. The maximum atomic E-state index is 14.1. The molecule has 5 aromatic heterocycles.